The van der Waals surface area contributed by atoms with Gasteiger partial charge in [-0.25, -0.2) is 4.99 Å². The maximum Gasteiger partial charge on any atom is 0.303 e. The molecule has 0 radical (unpaired) electrons. The second kappa shape index (κ2) is 14.5. The van der Waals surface area contributed by atoms with Gasteiger partial charge in [-0.1, -0.05) is 30.3 Å². The number of carboxylic acids is 2. The van der Waals surface area contributed by atoms with Crippen molar-refractivity contribution in [3.63, 3.8) is 0 Å². The van der Waals surface area contributed by atoms with Crippen molar-refractivity contribution in [2.24, 2.45) is 10.7 Å². The molecule has 206 valence electrons. The van der Waals surface area contributed by atoms with Crippen LogP contribution in [-0.4, -0.2) is 64.0 Å². The third kappa shape index (κ3) is 10.4. The number of nitrogens with two attached hydrogens (primary N) is 1. The van der Waals surface area contributed by atoms with Crippen LogP contribution in [0.25, 0.3) is 5.70 Å². The number of benzene rings is 1. The molecule has 3 atom stereocenters. The van der Waals surface area contributed by atoms with Gasteiger partial charge in [0.1, 0.15) is 18.2 Å². The monoisotopic (exact) mass is 530 g/mol. The molecular weight excluding hydrogens is 496 g/mol. The molecule has 0 saturated carbocycles. The van der Waals surface area contributed by atoms with Crippen LogP contribution in [0.1, 0.15) is 63.5 Å². The summed E-state index contributed by atoms with van der Waals surface area (Å²) in [4.78, 5) is 63.2. The maximum atomic E-state index is 12.7. The molecule has 0 spiro atoms. The highest BCUT2D eigenvalue weighted by Gasteiger charge is 2.26. The summed E-state index contributed by atoms with van der Waals surface area (Å²) in [6, 6.07) is 5.04. The zero-order valence-electron chi connectivity index (χ0n) is 21.4. The second-order valence-corrected chi connectivity index (χ2v) is 9.03. The number of carboxylic acid groups (broad SMARTS) is 2. The van der Waals surface area contributed by atoms with Crippen LogP contribution in [0.5, 0.6) is 0 Å². The molecule has 1 aliphatic rings. The first-order valence-electron chi connectivity index (χ1n) is 12.3. The number of ether oxygens (including phenoxy) is 1. The minimum atomic E-state index is -1.27. The quantitative estimate of drug-likeness (QED) is 0.237. The molecule has 1 aromatic carbocycles. The van der Waals surface area contributed by atoms with E-state index in [1.54, 1.807) is 6.92 Å². The number of carbonyl (C=O) groups is 5. The van der Waals surface area contributed by atoms with E-state index in [1.165, 1.54) is 0 Å². The van der Waals surface area contributed by atoms with Crippen LogP contribution in [-0.2, 0) is 35.1 Å². The molecule has 0 bridgehead atoms. The molecule has 1 heterocycles. The smallest absolute Gasteiger partial charge is 0.303 e. The number of aryl methyl sites for hydroxylation is 1. The minimum Gasteiger partial charge on any atom is -0.481 e. The highest BCUT2D eigenvalue weighted by atomic mass is 16.5. The maximum absolute atomic E-state index is 12.7. The zero-order valence-corrected chi connectivity index (χ0v) is 21.4. The van der Waals surface area contributed by atoms with E-state index < -0.39 is 54.6 Å². The fraction of sp³-hybridized carbons (Fsp3) is 0.462. The first-order chi connectivity index (χ1) is 17.9. The fourth-order valence-electron chi connectivity index (χ4n) is 3.77. The molecule has 38 heavy (non-hydrogen) atoms. The lowest BCUT2D eigenvalue weighted by atomic mass is 10.0. The number of nitrogens with one attached hydrogen (secondary N) is 2. The fourth-order valence-corrected chi connectivity index (χ4v) is 3.77. The van der Waals surface area contributed by atoms with Gasteiger partial charge in [0.15, 0.2) is 5.90 Å². The van der Waals surface area contributed by atoms with Gasteiger partial charge < -0.3 is 31.3 Å². The lowest BCUT2D eigenvalue weighted by Gasteiger charge is -2.21. The third-order valence-corrected chi connectivity index (χ3v) is 5.79. The number of rotatable bonds is 14. The Kier molecular flexibility index (Phi) is 11.5. The molecule has 2 rings (SSSR count). The third-order valence-electron chi connectivity index (χ3n) is 5.79. The van der Waals surface area contributed by atoms with Crippen LogP contribution < -0.4 is 16.4 Å². The second-order valence-electron chi connectivity index (χ2n) is 9.03. The Morgan fingerprint density at radius 3 is 2.18 bits per heavy atom. The number of aliphatic imine (C=N–C) groups is 1. The van der Waals surface area contributed by atoms with Crippen LogP contribution in [0.2, 0.25) is 0 Å². The standard InChI is InChI=1S/C26H34N4O8/c1-15-3-9-19(28-16(2)38-15)18-7-4-17(5-8-18)6-12-22(31)29-21(11-14-24(34)35)26(37)30-20(25(27)36)10-13-23(32)33/h4-5,7-9,15,20-21H,3,6,10-14H2,1-2H3,(H2,27,36)(H,29,31)(H,30,37)(H,32,33)(H,34,35). The SMILES string of the molecule is CC1=NC(c2ccc(CCC(=O)NC(CCC(=O)O)C(=O)NC(CCC(=O)O)C(N)=O)cc2)=CCC(C)O1. The lowest BCUT2D eigenvalue weighted by molar-refractivity contribution is -0.139. The summed E-state index contributed by atoms with van der Waals surface area (Å²) in [5, 5.41) is 22.6. The van der Waals surface area contributed by atoms with E-state index in [-0.39, 0.29) is 25.4 Å². The van der Waals surface area contributed by atoms with E-state index in [0.717, 1.165) is 23.2 Å². The Labute approximate surface area is 220 Å². The minimum absolute atomic E-state index is 0.0276. The number of carbonyl (C=O) groups excluding carboxylic acids is 3. The summed E-state index contributed by atoms with van der Waals surface area (Å²) < 4.78 is 5.63. The van der Waals surface area contributed by atoms with Crippen molar-refractivity contribution in [1.82, 2.24) is 10.6 Å². The van der Waals surface area contributed by atoms with Crippen molar-refractivity contribution in [3.05, 3.63) is 41.5 Å². The summed E-state index contributed by atoms with van der Waals surface area (Å²) in [6.45, 7) is 3.77. The van der Waals surface area contributed by atoms with Crippen LogP contribution in [0.4, 0.5) is 0 Å². The predicted octanol–water partition coefficient (Wildman–Crippen LogP) is 1.37. The molecule has 3 amide bonds. The van der Waals surface area contributed by atoms with Gasteiger partial charge in [0.25, 0.3) is 0 Å². The van der Waals surface area contributed by atoms with Crippen molar-refractivity contribution < 1.29 is 38.9 Å². The normalized spacial score (nSPS) is 16.5. The average Bonchev–Trinajstić information content (AvgIpc) is 3.02. The highest BCUT2D eigenvalue weighted by Crippen LogP contribution is 2.22. The molecule has 12 nitrogen and oxygen atoms in total. The van der Waals surface area contributed by atoms with Crippen LogP contribution >= 0.6 is 0 Å². The van der Waals surface area contributed by atoms with Crippen molar-refractivity contribution in [2.45, 2.75) is 77.0 Å². The molecule has 12 heteroatoms. The van der Waals surface area contributed by atoms with Gasteiger partial charge in [-0.3, -0.25) is 24.0 Å². The number of hydrogen-bond donors (Lipinski definition) is 5. The number of nitrogens with zero attached hydrogens (tertiary/aromatic N) is 1. The van der Waals surface area contributed by atoms with Gasteiger partial charge in [-0.2, -0.15) is 0 Å². The molecule has 0 aliphatic carbocycles. The van der Waals surface area contributed by atoms with E-state index in [1.807, 2.05) is 37.3 Å². The van der Waals surface area contributed by atoms with Crippen LogP contribution in [0, 0.1) is 0 Å². The molecule has 6 N–H and O–H groups in total. The Morgan fingerprint density at radius 1 is 1.00 bits per heavy atom. The summed E-state index contributed by atoms with van der Waals surface area (Å²) in [5.41, 5.74) is 7.83. The van der Waals surface area contributed by atoms with Gasteiger partial charge in [0, 0.05) is 32.6 Å². The Morgan fingerprint density at radius 2 is 1.61 bits per heavy atom. The van der Waals surface area contributed by atoms with E-state index in [2.05, 4.69) is 15.6 Å². The first kappa shape index (κ1) is 30.0. The van der Waals surface area contributed by atoms with Crippen molar-refractivity contribution in [3.8, 4) is 0 Å². The van der Waals surface area contributed by atoms with Crippen molar-refractivity contribution >= 4 is 41.3 Å². The van der Waals surface area contributed by atoms with Crippen molar-refractivity contribution in [1.29, 1.82) is 0 Å². The van der Waals surface area contributed by atoms with E-state index in [9.17, 15) is 24.0 Å². The Hall–Kier alpha value is -4.22. The Bertz CT molecular complexity index is 1100. The van der Waals surface area contributed by atoms with E-state index >= 15 is 0 Å². The number of primary amides is 1. The predicted molar refractivity (Wildman–Crippen MR) is 138 cm³/mol. The molecule has 3 unspecified atom stereocenters. The van der Waals surface area contributed by atoms with Crippen LogP contribution in [0.15, 0.2) is 35.3 Å². The number of hydrogen-bond acceptors (Lipinski definition) is 7. The first-order valence-corrected chi connectivity index (χ1v) is 12.3. The van der Waals surface area contributed by atoms with E-state index in [4.69, 9.17) is 20.7 Å². The zero-order chi connectivity index (χ0) is 28.2. The summed E-state index contributed by atoms with van der Waals surface area (Å²) in [7, 11) is 0. The van der Waals surface area contributed by atoms with Gasteiger partial charge in [0.2, 0.25) is 17.7 Å². The van der Waals surface area contributed by atoms with Gasteiger partial charge in [-0.15, -0.1) is 0 Å². The van der Waals surface area contributed by atoms with Crippen molar-refractivity contribution in [2.75, 3.05) is 0 Å². The number of aliphatic carboxylic acids is 2. The summed E-state index contributed by atoms with van der Waals surface area (Å²) in [6.07, 6.45) is 1.91. The largest absolute Gasteiger partial charge is 0.481 e. The molecule has 1 aliphatic heterocycles. The molecule has 0 saturated heterocycles. The average molecular weight is 531 g/mol. The molecule has 0 aromatic heterocycles. The highest BCUT2D eigenvalue weighted by molar-refractivity contribution is 5.92. The van der Waals surface area contributed by atoms with Gasteiger partial charge >= 0.3 is 11.9 Å². The van der Waals surface area contributed by atoms with Crippen LogP contribution in [0.3, 0.4) is 0 Å². The summed E-state index contributed by atoms with van der Waals surface area (Å²) >= 11 is 0. The number of amides is 3. The van der Waals surface area contributed by atoms with E-state index in [0.29, 0.717) is 12.3 Å². The summed E-state index contributed by atoms with van der Waals surface area (Å²) in [5.74, 6) is -3.99. The molecule has 1 aromatic rings. The molecule has 0 fully saturated rings. The van der Waals surface area contributed by atoms with Gasteiger partial charge in [0.05, 0.1) is 5.70 Å². The lowest BCUT2D eigenvalue weighted by Crippen LogP contribution is -2.53. The Balaban J connectivity index is 1.98. The topological polar surface area (TPSA) is 197 Å². The molecular formula is C26H34N4O8. The van der Waals surface area contributed by atoms with Gasteiger partial charge in [-0.05, 0) is 37.3 Å².